The number of nitrogens with zero attached hydrogens (tertiary/aromatic N) is 1. The Morgan fingerprint density at radius 3 is 2.67 bits per heavy atom. The van der Waals surface area contributed by atoms with Gasteiger partial charge in [-0.05, 0) is 41.9 Å². The SMILES string of the molecule is CC(C)(C#N)Cc1ccc(Br)o1. The summed E-state index contributed by atoms with van der Waals surface area (Å²) in [6.45, 7) is 3.78. The van der Waals surface area contributed by atoms with Gasteiger partial charge in [0.15, 0.2) is 4.67 Å². The zero-order valence-corrected chi connectivity index (χ0v) is 8.68. The van der Waals surface area contributed by atoms with Gasteiger partial charge in [-0.15, -0.1) is 0 Å². The molecule has 0 N–H and O–H groups in total. The van der Waals surface area contributed by atoms with Crippen molar-refractivity contribution in [3.8, 4) is 6.07 Å². The summed E-state index contributed by atoms with van der Waals surface area (Å²) in [5, 5.41) is 8.76. The summed E-state index contributed by atoms with van der Waals surface area (Å²) in [6.07, 6.45) is 0.648. The normalized spacial score (nSPS) is 11.2. The monoisotopic (exact) mass is 227 g/mol. The molecular weight excluding hydrogens is 218 g/mol. The van der Waals surface area contributed by atoms with E-state index < -0.39 is 0 Å². The standard InChI is InChI=1S/C9H10BrNO/c1-9(2,6-11)5-7-3-4-8(10)12-7/h3-4H,5H2,1-2H3. The molecule has 0 amide bonds. The maximum atomic E-state index is 8.76. The van der Waals surface area contributed by atoms with Gasteiger partial charge in [0.05, 0.1) is 11.5 Å². The van der Waals surface area contributed by atoms with Crippen LogP contribution >= 0.6 is 15.9 Å². The van der Waals surface area contributed by atoms with E-state index >= 15 is 0 Å². The van der Waals surface area contributed by atoms with E-state index in [-0.39, 0.29) is 5.41 Å². The molecular formula is C9H10BrNO. The molecule has 0 fully saturated rings. The Morgan fingerprint density at radius 2 is 2.25 bits per heavy atom. The van der Waals surface area contributed by atoms with Crippen LogP contribution in [0.3, 0.4) is 0 Å². The fraction of sp³-hybridized carbons (Fsp3) is 0.444. The molecule has 0 unspecified atom stereocenters. The molecule has 0 saturated carbocycles. The quantitative estimate of drug-likeness (QED) is 0.779. The van der Waals surface area contributed by atoms with Crippen molar-refractivity contribution < 1.29 is 4.42 Å². The van der Waals surface area contributed by atoms with Crippen molar-refractivity contribution in [3.63, 3.8) is 0 Å². The van der Waals surface area contributed by atoms with E-state index in [1.807, 2.05) is 26.0 Å². The van der Waals surface area contributed by atoms with Gasteiger partial charge in [0.1, 0.15) is 5.76 Å². The van der Waals surface area contributed by atoms with Gasteiger partial charge in [0.2, 0.25) is 0 Å². The van der Waals surface area contributed by atoms with E-state index in [2.05, 4.69) is 22.0 Å². The molecule has 0 aliphatic heterocycles. The molecule has 0 radical (unpaired) electrons. The molecule has 0 spiro atoms. The van der Waals surface area contributed by atoms with E-state index in [4.69, 9.17) is 9.68 Å². The predicted octanol–water partition coefficient (Wildman–Crippen LogP) is 3.13. The van der Waals surface area contributed by atoms with Gasteiger partial charge in [-0.3, -0.25) is 0 Å². The molecule has 0 bridgehead atoms. The third kappa shape index (κ3) is 2.38. The van der Waals surface area contributed by atoms with Crippen molar-refractivity contribution in [2.75, 3.05) is 0 Å². The average Bonchev–Trinajstić information content (AvgIpc) is 2.35. The van der Waals surface area contributed by atoms with Crippen LogP contribution in [0.15, 0.2) is 21.2 Å². The molecule has 2 nitrogen and oxygen atoms in total. The van der Waals surface area contributed by atoms with E-state index in [0.717, 1.165) is 5.76 Å². The third-order valence-electron chi connectivity index (χ3n) is 1.55. The van der Waals surface area contributed by atoms with E-state index in [9.17, 15) is 0 Å². The lowest BCUT2D eigenvalue weighted by atomic mass is 9.90. The van der Waals surface area contributed by atoms with Gasteiger partial charge in [-0.2, -0.15) is 5.26 Å². The molecule has 0 saturated heterocycles. The fourth-order valence-corrected chi connectivity index (χ4v) is 1.26. The first-order chi connectivity index (χ1) is 5.53. The second-order valence-electron chi connectivity index (χ2n) is 3.38. The van der Waals surface area contributed by atoms with Gasteiger partial charge >= 0.3 is 0 Å². The minimum absolute atomic E-state index is 0.350. The first-order valence-corrected chi connectivity index (χ1v) is 4.48. The summed E-state index contributed by atoms with van der Waals surface area (Å²) >= 11 is 3.21. The van der Waals surface area contributed by atoms with Crippen molar-refractivity contribution >= 4 is 15.9 Å². The van der Waals surface area contributed by atoms with Crippen LogP contribution in [-0.4, -0.2) is 0 Å². The number of furan rings is 1. The first-order valence-electron chi connectivity index (χ1n) is 3.69. The van der Waals surface area contributed by atoms with Gasteiger partial charge in [0.25, 0.3) is 0 Å². The van der Waals surface area contributed by atoms with E-state index in [0.29, 0.717) is 11.1 Å². The summed E-state index contributed by atoms with van der Waals surface area (Å²) in [6, 6.07) is 5.94. The maximum Gasteiger partial charge on any atom is 0.169 e. The third-order valence-corrected chi connectivity index (χ3v) is 1.97. The molecule has 0 aromatic carbocycles. The molecule has 1 aromatic heterocycles. The van der Waals surface area contributed by atoms with Crippen molar-refractivity contribution in [1.82, 2.24) is 0 Å². The van der Waals surface area contributed by atoms with Crippen LogP contribution in [0.4, 0.5) is 0 Å². The molecule has 0 aliphatic rings. The molecule has 1 heterocycles. The molecule has 1 rings (SSSR count). The minimum Gasteiger partial charge on any atom is -0.454 e. The summed E-state index contributed by atoms with van der Waals surface area (Å²) in [4.78, 5) is 0. The van der Waals surface area contributed by atoms with E-state index in [1.165, 1.54) is 0 Å². The predicted molar refractivity (Wildman–Crippen MR) is 49.5 cm³/mol. The molecule has 3 heteroatoms. The Bertz CT molecular complexity index is 309. The number of hydrogen-bond donors (Lipinski definition) is 0. The van der Waals surface area contributed by atoms with Gasteiger partial charge < -0.3 is 4.42 Å². The molecule has 0 aliphatic carbocycles. The summed E-state index contributed by atoms with van der Waals surface area (Å²) < 4.78 is 6.00. The van der Waals surface area contributed by atoms with Crippen LogP contribution in [-0.2, 0) is 6.42 Å². The number of nitriles is 1. The van der Waals surface area contributed by atoms with Crippen molar-refractivity contribution in [2.24, 2.45) is 5.41 Å². The van der Waals surface area contributed by atoms with Gasteiger partial charge in [-0.1, -0.05) is 0 Å². The van der Waals surface area contributed by atoms with Crippen molar-refractivity contribution in [1.29, 1.82) is 5.26 Å². The molecule has 1 aromatic rings. The van der Waals surface area contributed by atoms with E-state index in [1.54, 1.807) is 0 Å². The largest absolute Gasteiger partial charge is 0.454 e. The van der Waals surface area contributed by atoms with Gasteiger partial charge in [-0.25, -0.2) is 0 Å². The smallest absolute Gasteiger partial charge is 0.169 e. The van der Waals surface area contributed by atoms with Gasteiger partial charge in [0, 0.05) is 6.42 Å². The Morgan fingerprint density at radius 1 is 1.58 bits per heavy atom. The Labute approximate surface area is 80.3 Å². The summed E-state index contributed by atoms with van der Waals surface area (Å²) in [7, 11) is 0. The van der Waals surface area contributed by atoms with Crippen LogP contribution in [0.5, 0.6) is 0 Å². The number of hydrogen-bond acceptors (Lipinski definition) is 2. The first kappa shape index (κ1) is 9.34. The minimum atomic E-state index is -0.350. The van der Waals surface area contributed by atoms with Crippen LogP contribution < -0.4 is 0 Å². The van der Waals surface area contributed by atoms with Crippen molar-refractivity contribution in [3.05, 3.63) is 22.6 Å². The lowest BCUT2D eigenvalue weighted by molar-refractivity contribution is 0.405. The van der Waals surface area contributed by atoms with Crippen LogP contribution in [0.25, 0.3) is 0 Å². The highest BCUT2D eigenvalue weighted by atomic mass is 79.9. The Hall–Kier alpha value is -0.750. The summed E-state index contributed by atoms with van der Waals surface area (Å²) in [5.74, 6) is 0.841. The summed E-state index contributed by atoms with van der Waals surface area (Å²) in [5.41, 5.74) is -0.350. The average molecular weight is 228 g/mol. The number of halogens is 1. The highest BCUT2D eigenvalue weighted by Crippen LogP contribution is 2.23. The lowest BCUT2D eigenvalue weighted by Crippen LogP contribution is -2.10. The number of rotatable bonds is 2. The van der Waals surface area contributed by atoms with Crippen LogP contribution in [0.2, 0.25) is 0 Å². The second kappa shape index (κ2) is 3.32. The maximum absolute atomic E-state index is 8.76. The molecule has 12 heavy (non-hydrogen) atoms. The van der Waals surface area contributed by atoms with Crippen LogP contribution in [0, 0.1) is 16.7 Å². The van der Waals surface area contributed by atoms with Crippen molar-refractivity contribution in [2.45, 2.75) is 20.3 Å². The lowest BCUT2D eigenvalue weighted by Gasteiger charge is -2.11. The second-order valence-corrected chi connectivity index (χ2v) is 4.16. The Balaban J connectivity index is 2.72. The Kier molecular flexibility index (Phi) is 2.58. The highest BCUT2D eigenvalue weighted by Gasteiger charge is 2.19. The highest BCUT2D eigenvalue weighted by molar-refractivity contribution is 9.10. The molecule has 0 atom stereocenters. The topological polar surface area (TPSA) is 36.9 Å². The molecule has 64 valence electrons. The zero-order chi connectivity index (χ0) is 9.19. The van der Waals surface area contributed by atoms with Crippen LogP contribution in [0.1, 0.15) is 19.6 Å². The zero-order valence-electron chi connectivity index (χ0n) is 7.10. The fourth-order valence-electron chi connectivity index (χ4n) is 0.922.